The molecule has 0 aliphatic carbocycles. The van der Waals surface area contributed by atoms with E-state index in [4.69, 9.17) is 0 Å². The van der Waals surface area contributed by atoms with Crippen LogP contribution < -0.4 is 4.41 Å². The summed E-state index contributed by atoms with van der Waals surface area (Å²) in [6, 6.07) is 15.9. The molecule has 0 amide bonds. The third-order valence-electron chi connectivity index (χ3n) is 3.75. The minimum Gasteiger partial charge on any atom is -0.200 e. The lowest BCUT2D eigenvalue weighted by molar-refractivity contribution is -0.141. The minimum atomic E-state index is -4.65. The molecule has 0 aliphatic rings. The molecular weight excluding hydrogens is 367 g/mol. The van der Waals surface area contributed by atoms with Crippen molar-refractivity contribution in [3.05, 3.63) is 72.6 Å². The quantitative estimate of drug-likeness (QED) is 0.695. The molecule has 0 bridgehead atoms. The van der Waals surface area contributed by atoms with Gasteiger partial charge in [-0.2, -0.15) is 30.8 Å². The van der Waals surface area contributed by atoms with Crippen LogP contribution in [0.25, 0.3) is 11.1 Å². The van der Waals surface area contributed by atoms with Crippen LogP contribution in [0.15, 0.2) is 71.8 Å². The molecule has 0 saturated heterocycles. The fourth-order valence-electron chi connectivity index (χ4n) is 2.42. The second-order valence-electron chi connectivity index (χ2n) is 5.42. The first-order valence-electron chi connectivity index (χ1n) is 7.48. The van der Waals surface area contributed by atoms with Gasteiger partial charge in [-0.15, -0.1) is 5.10 Å². The molecule has 9 heteroatoms. The maximum Gasteiger partial charge on any atom is 0.435 e. The number of rotatable bonds is 4. The summed E-state index contributed by atoms with van der Waals surface area (Å²) in [6.07, 6.45) is -3.71. The summed E-state index contributed by atoms with van der Waals surface area (Å²) < 4.78 is 64.8. The van der Waals surface area contributed by atoms with Crippen molar-refractivity contribution >= 4 is 10.0 Å². The minimum absolute atomic E-state index is 0.0299. The maximum atomic E-state index is 13.0. The highest BCUT2D eigenvalue weighted by atomic mass is 32.2. The highest BCUT2D eigenvalue weighted by molar-refractivity contribution is 7.92. The van der Waals surface area contributed by atoms with E-state index in [1.165, 1.54) is 6.07 Å². The van der Waals surface area contributed by atoms with Crippen molar-refractivity contribution in [2.45, 2.75) is 11.1 Å². The number of aromatic nitrogens is 2. The van der Waals surface area contributed by atoms with Crippen LogP contribution in [0.3, 0.4) is 0 Å². The summed E-state index contributed by atoms with van der Waals surface area (Å²) in [6.45, 7) is 0. The Balaban J connectivity index is 2.05. The van der Waals surface area contributed by atoms with E-state index in [0.717, 1.165) is 19.3 Å². The van der Waals surface area contributed by atoms with E-state index in [2.05, 4.69) is 5.10 Å². The first-order chi connectivity index (χ1) is 12.2. The van der Waals surface area contributed by atoms with E-state index in [-0.39, 0.29) is 4.90 Å². The number of halogens is 3. The molecule has 26 heavy (non-hydrogen) atoms. The molecule has 0 fully saturated rings. The number of benzene rings is 2. The summed E-state index contributed by atoms with van der Waals surface area (Å²) in [5, 5.41) is 3.31. The lowest BCUT2D eigenvalue weighted by atomic mass is 10.1. The molecular formula is C17H14F3N3O2S. The molecule has 0 N–H and O–H groups in total. The fraction of sp³-hybridized carbons (Fsp3) is 0.118. The highest BCUT2D eigenvalue weighted by Crippen LogP contribution is 2.30. The molecule has 0 atom stereocenters. The molecule has 0 spiro atoms. The third kappa shape index (κ3) is 3.30. The van der Waals surface area contributed by atoms with E-state index < -0.39 is 21.9 Å². The highest BCUT2D eigenvalue weighted by Gasteiger charge is 2.35. The zero-order valence-corrected chi connectivity index (χ0v) is 14.4. The topological polar surface area (TPSA) is 55.2 Å². The normalized spacial score (nSPS) is 12.2. The molecule has 1 aromatic heterocycles. The molecule has 3 rings (SSSR count). The summed E-state index contributed by atoms with van der Waals surface area (Å²) in [4.78, 5) is 0.623. The molecule has 0 unspecified atom stereocenters. The maximum absolute atomic E-state index is 13.0. The largest absolute Gasteiger partial charge is 0.435 e. The molecule has 5 nitrogen and oxygen atoms in total. The Morgan fingerprint density at radius 2 is 1.58 bits per heavy atom. The molecule has 136 valence electrons. The van der Waals surface area contributed by atoms with E-state index in [1.54, 1.807) is 48.5 Å². The van der Waals surface area contributed by atoms with Gasteiger partial charge in [0.25, 0.3) is 10.0 Å². The number of nitrogens with zero attached hydrogens (tertiary/aromatic N) is 3. The van der Waals surface area contributed by atoms with Gasteiger partial charge in [-0.05, 0) is 17.7 Å². The summed E-state index contributed by atoms with van der Waals surface area (Å²) in [5.41, 5.74) is -0.0458. The fourth-order valence-corrected chi connectivity index (χ4v) is 3.73. The Labute approximate surface area is 148 Å². The van der Waals surface area contributed by atoms with Crippen LogP contribution in [0.2, 0.25) is 0 Å². The monoisotopic (exact) mass is 381 g/mol. The Morgan fingerprint density at radius 3 is 2.19 bits per heavy atom. The van der Waals surface area contributed by atoms with Gasteiger partial charge in [-0.25, -0.2) is 0 Å². The van der Waals surface area contributed by atoms with Crippen LogP contribution in [0.5, 0.6) is 0 Å². The van der Waals surface area contributed by atoms with Crippen LogP contribution in [0, 0.1) is 0 Å². The van der Waals surface area contributed by atoms with Crippen LogP contribution in [-0.2, 0) is 16.2 Å². The summed E-state index contributed by atoms with van der Waals surface area (Å²) >= 11 is 0. The van der Waals surface area contributed by atoms with Crippen LogP contribution in [0.1, 0.15) is 5.69 Å². The van der Waals surface area contributed by atoms with E-state index in [9.17, 15) is 21.6 Å². The molecule has 0 radical (unpaired) electrons. The van der Waals surface area contributed by atoms with Crippen molar-refractivity contribution in [1.82, 2.24) is 9.89 Å². The van der Waals surface area contributed by atoms with Crippen molar-refractivity contribution in [3.63, 3.8) is 0 Å². The molecule has 3 aromatic rings. The lowest BCUT2D eigenvalue weighted by Crippen LogP contribution is -2.37. The van der Waals surface area contributed by atoms with Gasteiger partial charge in [-0.3, -0.25) is 0 Å². The number of alkyl halides is 3. The predicted octanol–water partition coefficient (Wildman–Crippen LogP) is 3.53. The summed E-state index contributed by atoms with van der Waals surface area (Å²) in [5.74, 6) is 0. The summed E-state index contributed by atoms with van der Waals surface area (Å²) in [7, 11) is -2.99. The number of hydrogen-bond donors (Lipinski definition) is 0. The zero-order valence-electron chi connectivity index (χ0n) is 13.6. The van der Waals surface area contributed by atoms with Crippen LogP contribution >= 0.6 is 0 Å². The number of hydrogen-bond acceptors (Lipinski definition) is 3. The molecule has 0 aliphatic heterocycles. The predicted molar refractivity (Wildman–Crippen MR) is 90.4 cm³/mol. The van der Waals surface area contributed by atoms with Gasteiger partial charge < -0.3 is 0 Å². The molecule has 2 aromatic carbocycles. The Kier molecular flexibility index (Phi) is 4.49. The van der Waals surface area contributed by atoms with Crippen LogP contribution in [-0.4, -0.2) is 25.4 Å². The zero-order chi connectivity index (χ0) is 18.9. The van der Waals surface area contributed by atoms with Crippen molar-refractivity contribution < 1.29 is 21.6 Å². The lowest BCUT2D eigenvalue weighted by Gasteiger charge is -2.21. The van der Waals surface area contributed by atoms with Crippen molar-refractivity contribution in [2.24, 2.45) is 0 Å². The number of sulfonamides is 1. The van der Waals surface area contributed by atoms with Crippen molar-refractivity contribution in [1.29, 1.82) is 0 Å². The van der Waals surface area contributed by atoms with Gasteiger partial charge in [0.05, 0.1) is 11.1 Å². The third-order valence-corrected chi connectivity index (χ3v) is 5.53. The van der Waals surface area contributed by atoms with Crippen molar-refractivity contribution in [2.75, 3.05) is 11.5 Å². The Hall–Kier alpha value is -2.81. The van der Waals surface area contributed by atoms with E-state index in [0.29, 0.717) is 20.3 Å². The van der Waals surface area contributed by atoms with Gasteiger partial charge in [0.15, 0.2) is 5.69 Å². The second-order valence-corrected chi connectivity index (χ2v) is 7.34. The first-order valence-corrected chi connectivity index (χ1v) is 8.92. The standard InChI is InChI=1S/C17H14F3N3O2S/c1-22(23-12-11-16(21-23)17(18,19)20)26(24,25)15-10-6-5-9-14(15)13-7-3-2-4-8-13/h2-12H,1H3. The van der Waals surface area contributed by atoms with Crippen LogP contribution in [0.4, 0.5) is 13.2 Å². The van der Waals surface area contributed by atoms with Crippen molar-refractivity contribution in [3.8, 4) is 11.1 Å². The second kappa shape index (κ2) is 6.49. The van der Waals surface area contributed by atoms with E-state index in [1.807, 2.05) is 0 Å². The van der Waals surface area contributed by atoms with Gasteiger partial charge in [-0.1, -0.05) is 48.5 Å². The van der Waals surface area contributed by atoms with Gasteiger partial charge in [0.2, 0.25) is 0 Å². The Bertz CT molecular complexity index is 1010. The molecule has 1 heterocycles. The average molecular weight is 381 g/mol. The van der Waals surface area contributed by atoms with Gasteiger partial charge in [0.1, 0.15) is 0 Å². The van der Waals surface area contributed by atoms with Gasteiger partial charge in [0, 0.05) is 12.6 Å². The first kappa shape index (κ1) is 18.0. The smallest absolute Gasteiger partial charge is 0.200 e. The molecule has 0 saturated carbocycles. The average Bonchev–Trinajstić information content (AvgIpc) is 3.12. The van der Waals surface area contributed by atoms with E-state index >= 15 is 0 Å². The van der Waals surface area contributed by atoms with Gasteiger partial charge >= 0.3 is 6.18 Å². The SMILES string of the molecule is CN(n1ccc(C(F)(F)F)n1)S(=O)(=O)c1ccccc1-c1ccccc1. The Morgan fingerprint density at radius 1 is 0.962 bits per heavy atom.